The Morgan fingerprint density at radius 3 is 2.65 bits per heavy atom. The molecule has 0 bridgehead atoms. The van der Waals surface area contributed by atoms with Gasteiger partial charge in [-0.2, -0.15) is 5.26 Å². The van der Waals surface area contributed by atoms with Crippen molar-refractivity contribution >= 4 is 30.5 Å². The SMILES string of the molecule is Cl.Cl.N#Cc1ccccc1N1CCCC(N)C1. The van der Waals surface area contributed by atoms with Gasteiger partial charge >= 0.3 is 0 Å². The Hall–Kier alpha value is -0.950. The van der Waals surface area contributed by atoms with E-state index in [9.17, 15) is 0 Å². The first-order valence-electron chi connectivity index (χ1n) is 5.31. The molecule has 5 heteroatoms. The van der Waals surface area contributed by atoms with Crippen LogP contribution in [-0.2, 0) is 0 Å². The summed E-state index contributed by atoms with van der Waals surface area (Å²) in [6.07, 6.45) is 2.20. The summed E-state index contributed by atoms with van der Waals surface area (Å²) in [5, 5.41) is 9.01. The van der Waals surface area contributed by atoms with Gasteiger partial charge in [0.05, 0.1) is 11.3 Å². The highest BCUT2D eigenvalue weighted by atomic mass is 35.5. The monoisotopic (exact) mass is 273 g/mol. The third-order valence-electron chi connectivity index (χ3n) is 2.82. The molecule has 2 rings (SSSR count). The standard InChI is InChI=1S/C12H15N3.2ClH/c13-8-10-4-1-2-6-12(10)15-7-3-5-11(14)9-15;;/h1-2,4,6,11H,3,5,7,9,14H2;2*1H. The van der Waals surface area contributed by atoms with Crippen LogP contribution in [0.15, 0.2) is 24.3 Å². The van der Waals surface area contributed by atoms with Crippen molar-refractivity contribution < 1.29 is 0 Å². The maximum absolute atomic E-state index is 9.01. The first-order chi connectivity index (χ1) is 7.31. The molecule has 17 heavy (non-hydrogen) atoms. The molecule has 0 radical (unpaired) electrons. The minimum Gasteiger partial charge on any atom is -0.369 e. The van der Waals surface area contributed by atoms with Gasteiger partial charge in [-0.1, -0.05) is 12.1 Å². The van der Waals surface area contributed by atoms with Gasteiger partial charge in [-0.05, 0) is 25.0 Å². The molecular weight excluding hydrogens is 257 g/mol. The van der Waals surface area contributed by atoms with Crippen LogP contribution in [0.4, 0.5) is 5.69 Å². The number of hydrogen-bond donors (Lipinski definition) is 1. The highest BCUT2D eigenvalue weighted by molar-refractivity contribution is 5.85. The minimum absolute atomic E-state index is 0. The molecule has 2 N–H and O–H groups in total. The van der Waals surface area contributed by atoms with Crippen LogP contribution in [0.5, 0.6) is 0 Å². The third kappa shape index (κ3) is 3.78. The fourth-order valence-electron chi connectivity index (χ4n) is 2.07. The number of piperidine rings is 1. The number of halogens is 2. The lowest BCUT2D eigenvalue weighted by molar-refractivity contribution is 0.506. The predicted octanol–water partition coefficient (Wildman–Crippen LogP) is 2.33. The molecule has 1 aliphatic heterocycles. The van der Waals surface area contributed by atoms with Crippen LogP contribution in [0.3, 0.4) is 0 Å². The summed E-state index contributed by atoms with van der Waals surface area (Å²) in [6.45, 7) is 1.87. The van der Waals surface area contributed by atoms with Crippen LogP contribution < -0.4 is 10.6 Å². The van der Waals surface area contributed by atoms with Crippen molar-refractivity contribution in [1.29, 1.82) is 5.26 Å². The molecule has 0 aromatic heterocycles. The van der Waals surface area contributed by atoms with Crippen molar-refractivity contribution in [2.75, 3.05) is 18.0 Å². The van der Waals surface area contributed by atoms with Gasteiger partial charge in [-0.25, -0.2) is 0 Å². The Labute approximate surface area is 114 Å². The lowest BCUT2D eigenvalue weighted by Crippen LogP contribution is -2.43. The van der Waals surface area contributed by atoms with E-state index in [1.165, 1.54) is 0 Å². The molecule has 3 nitrogen and oxygen atoms in total. The molecule has 1 heterocycles. The molecule has 0 aliphatic carbocycles. The average molecular weight is 274 g/mol. The van der Waals surface area contributed by atoms with Crippen LogP contribution in [0.25, 0.3) is 0 Å². The number of nitrogens with two attached hydrogens (primary N) is 1. The smallest absolute Gasteiger partial charge is 0.101 e. The second kappa shape index (κ2) is 7.39. The Kier molecular flexibility index (Phi) is 6.98. The molecule has 1 aromatic rings. The van der Waals surface area contributed by atoms with E-state index in [1.807, 2.05) is 24.3 Å². The van der Waals surface area contributed by atoms with Crippen molar-refractivity contribution in [3.63, 3.8) is 0 Å². The summed E-state index contributed by atoms with van der Waals surface area (Å²) in [5.74, 6) is 0. The van der Waals surface area contributed by atoms with E-state index in [0.29, 0.717) is 0 Å². The molecule has 1 unspecified atom stereocenters. The van der Waals surface area contributed by atoms with Gasteiger partial charge < -0.3 is 10.6 Å². The summed E-state index contributed by atoms with van der Waals surface area (Å²) < 4.78 is 0. The summed E-state index contributed by atoms with van der Waals surface area (Å²) in [7, 11) is 0. The van der Waals surface area contributed by atoms with Crippen molar-refractivity contribution in [1.82, 2.24) is 0 Å². The van der Waals surface area contributed by atoms with E-state index < -0.39 is 0 Å². The maximum atomic E-state index is 9.01. The largest absolute Gasteiger partial charge is 0.369 e. The van der Waals surface area contributed by atoms with Crippen molar-refractivity contribution in [3.05, 3.63) is 29.8 Å². The summed E-state index contributed by atoms with van der Waals surface area (Å²) in [6, 6.07) is 10.2. The van der Waals surface area contributed by atoms with Gasteiger partial charge in [0.2, 0.25) is 0 Å². The van der Waals surface area contributed by atoms with E-state index >= 15 is 0 Å². The number of nitrogens with zero attached hydrogens (tertiary/aromatic N) is 2. The normalized spacial score (nSPS) is 18.6. The van der Waals surface area contributed by atoms with Crippen LogP contribution in [-0.4, -0.2) is 19.1 Å². The molecule has 1 saturated heterocycles. The molecule has 1 aromatic carbocycles. The first kappa shape index (κ1) is 16.1. The second-order valence-electron chi connectivity index (χ2n) is 3.98. The molecule has 1 atom stereocenters. The number of rotatable bonds is 1. The van der Waals surface area contributed by atoms with Gasteiger partial charge in [0.25, 0.3) is 0 Å². The average Bonchev–Trinajstić information content (AvgIpc) is 2.29. The Bertz CT molecular complexity index is 390. The van der Waals surface area contributed by atoms with Crippen LogP contribution in [0, 0.1) is 11.3 Å². The Morgan fingerprint density at radius 1 is 1.29 bits per heavy atom. The van der Waals surface area contributed by atoms with Crippen molar-refractivity contribution in [3.8, 4) is 6.07 Å². The van der Waals surface area contributed by atoms with Crippen LogP contribution in [0.2, 0.25) is 0 Å². The quantitative estimate of drug-likeness (QED) is 0.855. The van der Waals surface area contributed by atoms with E-state index in [-0.39, 0.29) is 30.9 Å². The van der Waals surface area contributed by atoms with Crippen LogP contribution in [0.1, 0.15) is 18.4 Å². The van der Waals surface area contributed by atoms with Crippen molar-refractivity contribution in [2.24, 2.45) is 5.73 Å². The molecule has 1 aliphatic rings. The van der Waals surface area contributed by atoms with Gasteiger partial charge in [-0.3, -0.25) is 0 Å². The number of para-hydroxylation sites is 1. The summed E-state index contributed by atoms with van der Waals surface area (Å²) in [5.41, 5.74) is 7.69. The molecule has 1 fully saturated rings. The van der Waals surface area contributed by atoms with E-state index in [2.05, 4.69) is 11.0 Å². The van der Waals surface area contributed by atoms with E-state index in [4.69, 9.17) is 11.0 Å². The zero-order chi connectivity index (χ0) is 10.7. The Morgan fingerprint density at radius 2 is 2.00 bits per heavy atom. The number of anilines is 1. The summed E-state index contributed by atoms with van der Waals surface area (Å²) >= 11 is 0. The van der Waals surface area contributed by atoms with Gasteiger partial charge in [-0.15, -0.1) is 24.8 Å². The summed E-state index contributed by atoms with van der Waals surface area (Å²) in [4.78, 5) is 2.22. The second-order valence-corrected chi connectivity index (χ2v) is 3.98. The van der Waals surface area contributed by atoms with Gasteiger partial charge in [0.15, 0.2) is 0 Å². The molecule has 0 saturated carbocycles. The zero-order valence-electron chi connectivity index (χ0n) is 9.50. The lowest BCUT2D eigenvalue weighted by Gasteiger charge is -2.33. The van der Waals surface area contributed by atoms with E-state index in [0.717, 1.165) is 37.2 Å². The predicted molar refractivity (Wildman–Crippen MR) is 75.1 cm³/mol. The fraction of sp³-hybridized carbons (Fsp3) is 0.417. The lowest BCUT2D eigenvalue weighted by atomic mass is 10.0. The molecule has 94 valence electrons. The minimum atomic E-state index is 0. The fourth-order valence-corrected chi connectivity index (χ4v) is 2.07. The van der Waals surface area contributed by atoms with Gasteiger partial charge in [0.1, 0.15) is 6.07 Å². The highest BCUT2D eigenvalue weighted by Crippen LogP contribution is 2.22. The molecule has 0 spiro atoms. The first-order valence-corrected chi connectivity index (χ1v) is 5.31. The Balaban J connectivity index is 0.00000128. The van der Waals surface area contributed by atoms with Crippen molar-refractivity contribution in [2.45, 2.75) is 18.9 Å². The maximum Gasteiger partial charge on any atom is 0.101 e. The zero-order valence-corrected chi connectivity index (χ0v) is 11.1. The van der Waals surface area contributed by atoms with Crippen LogP contribution >= 0.6 is 24.8 Å². The third-order valence-corrected chi connectivity index (χ3v) is 2.82. The molecular formula is C12H17Cl2N3. The number of nitriles is 1. The van der Waals surface area contributed by atoms with E-state index in [1.54, 1.807) is 0 Å². The topological polar surface area (TPSA) is 53.0 Å². The number of benzene rings is 1. The molecule has 0 amide bonds. The highest BCUT2D eigenvalue weighted by Gasteiger charge is 2.18. The van der Waals surface area contributed by atoms with Gasteiger partial charge in [0, 0.05) is 19.1 Å². The number of hydrogen-bond acceptors (Lipinski definition) is 3.